The molecule has 2 heteroatoms. The second kappa shape index (κ2) is 9.59. The van der Waals surface area contributed by atoms with Gasteiger partial charge in [0.05, 0.1) is 0 Å². The van der Waals surface area contributed by atoms with Gasteiger partial charge in [-0.2, -0.15) is 0 Å². The Morgan fingerprint density at radius 2 is 0.824 bits per heavy atom. The minimum Gasteiger partial charge on any atom is -0.310 e. The van der Waals surface area contributed by atoms with E-state index >= 15 is 0 Å². The molecule has 0 radical (unpaired) electrons. The zero-order chi connectivity index (χ0) is 23.5. The van der Waals surface area contributed by atoms with Crippen LogP contribution in [0.3, 0.4) is 0 Å². The van der Waals surface area contributed by atoms with Crippen molar-refractivity contribution in [1.29, 1.82) is 0 Å². The Kier molecular flexibility index (Phi) is 6.20. The van der Waals surface area contributed by atoms with Gasteiger partial charge >= 0.3 is 0 Å². The average molecular weight is 460 g/mol. The number of hydrogen-bond acceptors (Lipinski definition) is 1. The van der Waals surface area contributed by atoms with Crippen LogP contribution in [0.25, 0.3) is 22.3 Å². The molecule has 0 saturated heterocycles. The fourth-order valence-corrected chi connectivity index (χ4v) is 4.34. The first-order valence-corrected chi connectivity index (χ1v) is 11.8. The van der Waals surface area contributed by atoms with Gasteiger partial charge in [-0.15, -0.1) is 0 Å². The maximum Gasteiger partial charge on any atom is 0.0476 e. The zero-order valence-corrected chi connectivity index (χ0v) is 20.1. The summed E-state index contributed by atoms with van der Waals surface area (Å²) < 4.78 is 0. The molecule has 0 saturated carbocycles. The van der Waals surface area contributed by atoms with Crippen LogP contribution in [0.2, 0.25) is 5.02 Å². The number of anilines is 3. The molecule has 0 N–H and O–H groups in total. The van der Waals surface area contributed by atoms with Crippen molar-refractivity contribution >= 4 is 28.7 Å². The van der Waals surface area contributed by atoms with Gasteiger partial charge in [-0.25, -0.2) is 0 Å². The van der Waals surface area contributed by atoms with Crippen LogP contribution >= 0.6 is 11.6 Å². The van der Waals surface area contributed by atoms with Crippen molar-refractivity contribution in [2.24, 2.45) is 0 Å². The minimum atomic E-state index is 0.718. The second-order valence-electron chi connectivity index (χ2n) is 8.64. The summed E-state index contributed by atoms with van der Waals surface area (Å²) in [6, 6.07) is 42.7. The van der Waals surface area contributed by atoms with E-state index < -0.39 is 0 Å². The van der Waals surface area contributed by atoms with Gasteiger partial charge in [-0.3, -0.25) is 0 Å². The van der Waals surface area contributed by atoms with E-state index in [1.165, 1.54) is 33.4 Å². The lowest BCUT2D eigenvalue weighted by atomic mass is 10.0. The van der Waals surface area contributed by atoms with Crippen LogP contribution in [0.5, 0.6) is 0 Å². The van der Waals surface area contributed by atoms with Crippen molar-refractivity contribution in [3.8, 4) is 22.3 Å². The van der Waals surface area contributed by atoms with Crippen LogP contribution in [-0.2, 0) is 0 Å². The smallest absolute Gasteiger partial charge is 0.0476 e. The standard InChI is InChI=1S/C32H26ClN/c1-23-6-10-25(11-7-23)27-14-18-30(19-15-27)34(32-5-3-4-29(33)22-32)31-20-16-28(17-21-31)26-12-8-24(2)9-13-26/h3-22H,1-2H3. The van der Waals surface area contributed by atoms with Crippen molar-refractivity contribution in [2.45, 2.75) is 13.8 Å². The van der Waals surface area contributed by atoms with Crippen LogP contribution in [0, 0.1) is 13.8 Å². The van der Waals surface area contributed by atoms with Gasteiger partial charge in [0.15, 0.2) is 0 Å². The molecule has 0 unspecified atom stereocenters. The normalized spacial score (nSPS) is 10.8. The van der Waals surface area contributed by atoms with Gasteiger partial charge in [-0.05, 0) is 78.6 Å². The van der Waals surface area contributed by atoms with Gasteiger partial charge in [0.2, 0.25) is 0 Å². The number of halogens is 1. The summed E-state index contributed by atoms with van der Waals surface area (Å²) >= 11 is 6.37. The molecule has 0 aliphatic rings. The quantitative estimate of drug-likeness (QED) is 0.253. The van der Waals surface area contributed by atoms with Gasteiger partial charge in [-0.1, -0.05) is 102 Å². The lowest BCUT2D eigenvalue weighted by Gasteiger charge is -2.26. The monoisotopic (exact) mass is 459 g/mol. The number of aryl methyl sites for hydroxylation is 2. The van der Waals surface area contributed by atoms with Crippen molar-refractivity contribution in [1.82, 2.24) is 0 Å². The molecule has 0 amide bonds. The van der Waals surface area contributed by atoms with E-state index in [2.05, 4.69) is 122 Å². The second-order valence-corrected chi connectivity index (χ2v) is 9.08. The lowest BCUT2D eigenvalue weighted by molar-refractivity contribution is 1.28. The van der Waals surface area contributed by atoms with Crippen LogP contribution in [-0.4, -0.2) is 0 Å². The van der Waals surface area contributed by atoms with E-state index in [1.807, 2.05) is 18.2 Å². The molecule has 0 aliphatic carbocycles. The van der Waals surface area contributed by atoms with E-state index in [0.29, 0.717) is 0 Å². The molecule has 0 spiro atoms. The Morgan fingerprint density at radius 3 is 1.21 bits per heavy atom. The minimum absolute atomic E-state index is 0.718. The topological polar surface area (TPSA) is 3.24 Å². The molecule has 166 valence electrons. The van der Waals surface area contributed by atoms with Crippen molar-refractivity contribution in [3.63, 3.8) is 0 Å². The van der Waals surface area contributed by atoms with E-state index in [9.17, 15) is 0 Å². The number of hydrogen-bond donors (Lipinski definition) is 0. The molecular formula is C32H26ClN. The first-order chi connectivity index (χ1) is 16.6. The third-order valence-electron chi connectivity index (χ3n) is 6.09. The van der Waals surface area contributed by atoms with Crippen LogP contribution in [0.15, 0.2) is 121 Å². The SMILES string of the molecule is Cc1ccc(-c2ccc(N(c3ccc(-c4ccc(C)cc4)cc3)c3cccc(Cl)c3)cc2)cc1. The third-order valence-corrected chi connectivity index (χ3v) is 6.32. The van der Waals surface area contributed by atoms with Crippen LogP contribution in [0.1, 0.15) is 11.1 Å². The molecule has 5 aromatic rings. The molecule has 0 heterocycles. The zero-order valence-electron chi connectivity index (χ0n) is 19.4. The number of benzene rings is 5. The van der Waals surface area contributed by atoms with Crippen molar-refractivity contribution < 1.29 is 0 Å². The van der Waals surface area contributed by atoms with E-state index in [4.69, 9.17) is 11.6 Å². The Morgan fingerprint density at radius 1 is 0.441 bits per heavy atom. The summed E-state index contributed by atoms with van der Waals surface area (Å²) in [6.07, 6.45) is 0. The van der Waals surface area contributed by atoms with Crippen LogP contribution < -0.4 is 4.90 Å². The van der Waals surface area contributed by atoms with E-state index in [-0.39, 0.29) is 0 Å². The molecule has 0 fully saturated rings. The largest absolute Gasteiger partial charge is 0.310 e. The van der Waals surface area contributed by atoms with Gasteiger partial charge in [0, 0.05) is 22.1 Å². The highest BCUT2D eigenvalue weighted by Gasteiger charge is 2.13. The van der Waals surface area contributed by atoms with E-state index in [1.54, 1.807) is 0 Å². The predicted molar refractivity (Wildman–Crippen MR) is 146 cm³/mol. The molecule has 34 heavy (non-hydrogen) atoms. The maximum atomic E-state index is 6.37. The Labute approximate surface area is 206 Å². The molecule has 0 aliphatic heterocycles. The molecule has 1 nitrogen and oxygen atoms in total. The predicted octanol–water partition coefficient (Wildman–Crippen LogP) is 9.76. The highest BCUT2D eigenvalue weighted by molar-refractivity contribution is 6.30. The highest BCUT2D eigenvalue weighted by atomic mass is 35.5. The Bertz CT molecular complexity index is 1300. The summed E-state index contributed by atoms with van der Waals surface area (Å²) in [4.78, 5) is 2.24. The van der Waals surface area contributed by atoms with Crippen LogP contribution in [0.4, 0.5) is 17.1 Å². The molecule has 0 atom stereocenters. The Hall–Kier alpha value is -3.81. The molecule has 0 bridgehead atoms. The average Bonchev–Trinajstić information content (AvgIpc) is 2.86. The summed E-state index contributed by atoms with van der Waals surface area (Å²) in [5.41, 5.74) is 10.6. The first-order valence-electron chi connectivity index (χ1n) is 11.5. The van der Waals surface area contributed by atoms with E-state index in [0.717, 1.165) is 22.1 Å². The maximum absolute atomic E-state index is 6.37. The molecule has 5 aromatic carbocycles. The van der Waals surface area contributed by atoms with Gasteiger partial charge < -0.3 is 4.90 Å². The number of rotatable bonds is 5. The highest BCUT2D eigenvalue weighted by Crippen LogP contribution is 2.37. The van der Waals surface area contributed by atoms with Crippen molar-refractivity contribution in [3.05, 3.63) is 137 Å². The third kappa shape index (κ3) is 4.76. The fraction of sp³-hybridized carbons (Fsp3) is 0.0625. The summed E-state index contributed by atoms with van der Waals surface area (Å²) in [5, 5.41) is 0.718. The fourth-order valence-electron chi connectivity index (χ4n) is 4.16. The molecule has 0 aromatic heterocycles. The summed E-state index contributed by atoms with van der Waals surface area (Å²) in [5.74, 6) is 0. The molecular weight excluding hydrogens is 434 g/mol. The lowest BCUT2D eigenvalue weighted by Crippen LogP contribution is -2.09. The Balaban J connectivity index is 1.52. The summed E-state index contributed by atoms with van der Waals surface area (Å²) in [6.45, 7) is 4.22. The summed E-state index contributed by atoms with van der Waals surface area (Å²) in [7, 11) is 0. The molecule has 5 rings (SSSR count). The van der Waals surface area contributed by atoms with Crippen molar-refractivity contribution in [2.75, 3.05) is 4.90 Å². The first kappa shape index (κ1) is 22.0. The van der Waals surface area contributed by atoms with Gasteiger partial charge in [0.25, 0.3) is 0 Å². The van der Waals surface area contributed by atoms with Gasteiger partial charge in [0.1, 0.15) is 0 Å². The number of nitrogens with zero attached hydrogens (tertiary/aromatic N) is 1.